The summed E-state index contributed by atoms with van der Waals surface area (Å²) in [6, 6.07) is 0. The number of hydrogen-bond acceptors (Lipinski definition) is 11. The minimum Gasteiger partial charge on any atom is -0.457 e. The molecule has 0 spiro atoms. The van der Waals surface area contributed by atoms with Crippen LogP contribution in [0.4, 0.5) is 0 Å². The topological polar surface area (TPSA) is 178 Å². The Morgan fingerprint density at radius 2 is 1.05 bits per heavy atom. The van der Waals surface area contributed by atoms with Crippen molar-refractivity contribution >= 4 is 16.4 Å². The molecule has 0 aromatic heterocycles. The zero-order valence-corrected chi connectivity index (χ0v) is 41.5. The maximum absolute atomic E-state index is 12.9. The van der Waals surface area contributed by atoms with Gasteiger partial charge in [-0.25, -0.2) is 4.18 Å². The lowest BCUT2D eigenvalue weighted by Crippen LogP contribution is -2.60. The largest absolute Gasteiger partial charge is 0.457 e. The van der Waals surface area contributed by atoms with Crippen molar-refractivity contribution in [2.45, 2.75) is 218 Å². The summed E-state index contributed by atoms with van der Waals surface area (Å²) in [6.07, 6.45) is 49.0. The lowest BCUT2D eigenvalue weighted by Gasteiger charge is -2.41. The lowest BCUT2D eigenvalue weighted by molar-refractivity contribution is -0.301. The van der Waals surface area contributed by atoms with Crippen molar-refractivity contribution in [3.05, 3.63) is 85.1 Å². The molecule has 1 heterocycles. The Bertz CT molecular complexity index is 1470. The molecular formula is C53H90O12S. The van der Waals surface area contributed by atoms with Crippen LogP contribution >= 0.6 is 0 Å². The Hall–Kier alpha value is -2.72. The van der Waals surface area contributed by atoms with Gasteiger partial charge in [0.1, 0.15) is 30.5 Å². The van der Waals surface area contributed by atoms with Gasteiger partial charge >= 0.3 is 16.4 Å². The Labute approximate surface area is 400 Å². The number of rotatable bonds is 43. The van der Waals surface area contributed by atoms with Crippen molar-refractivity contribution in [1.82, 2.24) is 0 Å². The highest BCUT2D eigenvalue weighted by molar-refractivity contribution is 7.80. The van der Waals surface area contributed by atoms with E-state index in [4.69, 9.17) is 18.9 Å². The zero-order valence-electron chi connectivity index (χ0n) is 40.7. The molecule has 4 N–H and O–H groups in total. The van der Waals surface area contributed by atoms with Crippen molar-refractivity contribution in [2.75, 3.05) is 26.4 Å². The number of hydrogen-bond donors (Lipinski definition) is 4. The van der Waals surface area contributed by atoms with Crippen LogP contribution in [-0.2, 0) is 38.3 Å². The van der Waals surface area contributed by atoms with Crippen molar-refractivity contribution in [3.63, 3.8) is 0 Å². The van der Waals surface area contributed by atoms with E-state index < -0.39 is 59.8 Å². The average Bonchev–Trinajstić information content (AvgIpc) is 3.29. The van der Waals surface area contributed by atoms with E-state index in [9.17, 15) is 33.1 Å². The number of esters is 1. The second-order valence-corrected chi connectivity index (χ2v) is 18.1. The third-order valence-corrected chi connectivity index (χ3v) is 11.5. The van der Waals surface area contributed by atoms with E-state index in [-0.39, 0.29) is 19.6 Å². The van der Waals surface area contributed by atoms with E-state index in [1.807, 2.05) is 0 Å². The first-order valence-corrected chi connectivity index (χ1v) is 26.7. The highest BCUT2D eigenvalue weighted by Crippen LogP contribution is 2.26. The summed E-state index contributed by atoms with van der Waals surface area (Å²) in [5.74, 6) is -0.429. The molecule has 1 fully saturated rings. The maximum Gasteiger partial charge on any atom is 0.397 e. The van der Waals surface area contributed by atoms with Gasteiger partial charge in [0.05, 0.1) is 19.8 Å². The molecule has 0 saturated carbocycles. The SMILES string of the molecule is CC/C=C\C/C=C\C/C=C\C/C=C\CCCCCCC(=O)OC(COCCCCCCCCC/C=C\C/C=C\C/C=C\CCCCCCC)COC1OC(CO)C(O)C(OS(=O)(=O)O)C1O. The van der Waals surface area contributed by atoms with Gasteiger partial charge in [0.25, 0.3) is 0 Å². The van der Waals surface area contributed by atoms with Crippen LogP contribution in [0.15, 0.2) is 85.1 Å². The smallest absolute Gasteiger partial charge is 0.397 e. The summed E-state index contributed by atoms with van der Waals surface area (Å²) in [7, 11) is -5.07. The van der Waals surface area contributed by atoms with Gasteiger partial charge in [-0.2, -0.15) is 8.42 Å². The van der Waals surface area contributed by atoms with Crippen LogP contribution in [0, 0.1) is 0 Å². The van der Waals surface area contributed by atoms with Crippen LogP contribution in [0.5, 0.6) is 0 Å². The van der Waals surface area contributed by atoms with Crippen molar-refractivity contribution < 1.29 is 56.2 Å². The van der Waals surface area contributed by atoms with Gasteiger partial charge in [-0.1, -0.05) is 170 Å². The second kappa shape index (κ2) is 43.6. The van der Waals surface area contributed by atoms with Gasteiger partial charge in [0.15, 0.2) is 6.29 Å². The van der Waals surface area contributed by atoms with Gasteiger partial charge in [-0.3, -0.25) is 9.35 Å². The van der Waals surface area contributed by atoms with E-state index >= 15 is 0 Å². The van der Waals surface area contributed by atoms with Crippen LogP contribution < -0.4 is 0 Å². The molecule has 0 amide bonds. The predicted molar refractivity (Wildman–Crippen MR) is 266 cm³/mol. The summed E-state index contributed by atoms with van der Waals surface area (Å²) >= 11 is 0. The zero-order chi connectivity index (χ0) is 48.2. The number of carbonyl (C=O) groups is 1. The van der Waals surface area contributed by atoms with Crippen LogP contribution in [0.1, 0.15) is 181 Å². The summed E-state index contributed by atoms with van der Waals surface area (Å²) in [6.45, 7) is 3.80. The third-order valence-electron chi connectivity index (χ3n) is 11.0. The molecule has 0 aromatic carbocycles. The Morgan fingerprint density at radius 1 is 0.591 bits per heavy atom. The summed E-state index contributed by atoms with van der Waals surface area (Å²) < 4.78 is 59.2. The van der Waals surface area contributed by atoms with Crippen molar-refractivity contribution in [2.24, 2.45) is 0 Å². The van der Waals surface area contributed by atoms with E-state index in [2.05, 4.69) is 103 Å². The highest BCUT2D eigenvalue weighted by atomic mass is 32.3. The molecule has 1 aliphatic heterocycles. The van der Waals surface area contributed by atoms with E-state index in [1.54, 1.807) is 0 Å². The van der Waals surface area contributed by atoms with Gasteiger partial charge < -0.3 is 34.3 Å². The fraction of sp³-hybridized carbons (Fsp3) is 0.717. The molecule has 0 aromatic rings. The maximum atomic E-state index is 12.9. The van der Waals surface area contributed by atoms with Gasteiger partial charge in [0.2, 0.25) is 0 Å². The molecule has 6 atom stereocenters. The average molecular weight is 951 g/mol. The van der Waals surface area contributed by atoms with Gasteiger partial charge in [-0.05, 0) is 89.9 Å². The monoisotopic (exact) mass is 951 g/mol. The first-order valence-electron chi connectivity index (χ1n) is 25.3. The molecule has 1 rings (SSSR count). The van der Waals surface area contributed by atoms with Gasteiger partial charge in [0, 0.05) is 13.0 Å². The summed E-state index contributed by atoms with van der Waals surface area (Å²) in [5, 5.41) is 30.7. The number of ether oxygens (including phenoxy) is 4. The van der Waals surface area contributed by atoms with Crippen LogP contribution in [-0.4, -0.2) is 97.5 Å². The van der Waals surface area contributed by atoms with Crippen molar-refractivity contribution in [1.29, 1.82) is 0 Å². The highest BCUT2D eigenvalue weighted by Gasteiger charge is 2.48. The third kappa shape index (κ3) is 36.3. The fourth-order valence-electron chi connectivity index (χ4n) is 7.20. The second-order valence-electron chi connectivity index (χ2n) is 17.0. The van der Waals surface area contributed by atoms with E-state index in [1.165, 1.54) is 57.8 Å². The van der Waals surface area contributed by atoms with Crippen LogP contribution in [0.25, 0.3) is 0 Å². The number of aliphatic hydroxyl groups is 3. The molecule has 380 valence electrons. The first kappa shape index (κ1) is 61.3. The first-order chi connectivity index (χ1) is 32.1. The quantitative estimate of drug-likeness (QED) is 0.0197. The molecule has 0 radical (unpaired) electrons. The molecule has 66 heavy (non-hydrogen) atoms. The number of aliphatic hydroxyl groups excluding tert-OH is 3. The van der Waals surface area contributed by atoms with Crippen LogP contribution in [0.3, 0.4) is 0 Å². The summed E-state index contributed by atoms with van der Waals surface area (Å²) in [4.78, 5) is 12.9. The molecule has 1 aliphatic rings. The summed E-state index contributed by atoms with van der Waals surface area (Å²) in [5.41, 5.74) is 0. The Kier molecular flexibility index (Phi) is 40.4. The lowest BCUT2D eigenvalue weighted by atomic mass is 9.99. The molecule has 12 nitrogen and oxygen atoms in total. The van der Waals surface area contributed by atoms with E-state index in [0.717, 1.165) is 96.3 Å². The fourth-order valence-corrected chi connectivity index (χ4v) is 7.71. The van der Waals surface area contributed by atoms with Crippen molar-refractivity contribution in [3.8, 4) is 0 Å². The standard InChI is InChI=1S/C53H90O12S/c1-3-5-7-9-11-13-15-17-19-21-22-23-24-25-27-29-31-33-35-37-39-41-43-61-45-47(46-62-53-51(57)52(65-66(58,59)60)50(56)48(44-54)64-53)63-49(55)42-40-38-36-34-32-30-28-26-20-18-16-14-12-10-8-6-4-2/h6,8,12,14-15,17-18,20-22,24-25,28,30,47-48,50-54,56-57H,3-5,7,9-11,13,16,19,23,26-27,29,31-46H2,1-2H3,(H,58,59,60)/b8-6-,14-12-,17-15-,20-18-,22-21-,25-24-,30-28-. The molecule has 1 saturated heterocycles. The minimum atomic E-state index is -5.07. The number of carbonyl (C=O) groups excluding carboxylic acids is 1. The normalized spacial score (nSPS) is 20.2. The molecular weight excluding hydrogens is 861 g/mol. The number of unbranched alkanes of at least 4 members (excludes halogenated alkanes) is 16. The molecule has 6 unspecified atom stereocenters. The Morgan fingerprint density at radius 3 is 1.53 bits per heavy atom. The number of allylic oxidation sites excluding steroid dienone is 14. The Balaban J connectivity index is 2.40. The van der Waals surface area contributed by atoms with E-state index in [0.29, 0.717) is 13.0 Å². The van der Waals surface area contributed by atoms with Crippen LogP contribution in [0.2, 0.25) is 0 Å². The minimum absolute atomic E-state index is 0.0139. The molecule has 0 bridgehead atoms. The predicted octanol–water partition coefficient (Wildman–Crippen LogP) is 11.6. The molecule has 13 heteroatoms. The van der Waals surface area contributed by atoms with Gasteiger partial charge in [-0.15, -0.1) is 0 Å². The molecule has 0 aliphatic carbocycles.